The van der Waals surface area contributed by atoms with E-state index in [4.69, 9.17) is 9.47 Å². The van der Waals surface area contributed by atoms with Gasteiger partial charge in [-0.3, -0.25) is 0 Å². The highest BCUT2D eigenvalue weighted by Gasteiger charge is 2.18. The molecule has 0 aromatic carbocycles. The molecule has 0 aliphatic carbocycles. The zero-order valence-corrected chi connectivity index (χ0v) is 11.0. The molecule has 5 heteroatoms. The normalized spacial score (nSPS) is 11.3. The minimum atomic E-state index is -0.436. The Morgan fingerprint density at radius 2 is 1.94 bits per heavy atom. The Morgan fingerprint density at radius 3 is 2.44 bits per heavy atom. The largest absolute Gasteiger partial charge is 0.444 e. The quantitative estimate of drug-likeness (QED) is 0.696. The van der Waals surface area contributed by atoms with Crippen LogP contribution in [0.3, 0.4) is 0 Å². The van der Waals surface area contributed by atoms with Crippen LogP contribution < -0.4 is 5.32 Å². The molecule has 1 N–H and O–H groups in total. The predicted molar refractivity (Wildman–Crippen MR) is 63.6 cm³/mol. The first-order chi connectivity index (χ1) is 7.37. The average Bonchev–Trinajstić information content (AvgIpc) is 2.14. The highest BCUT2D eigenvalue weighted by atomic mass is 16.6. The summed E-state index contributed by atoms with van der Waals surface area (Å²) in [6, 6.07) is 0. The van der Waals surface area contributed by atoms with Gasteiger partial charge in [0.05, 0.1) is 6.61 Å². The van der Waals surface area contributed by atoms with E-state index in [1.54, 1.807) is 19.1 Å². The fourth-order valence-electron chi connectivity index (χ4n) is 0.977. The van der Waals surface area contributed by atoms with E-state index in [0.717, 1.165) is 13.1 Å². The van der Waals surface area contributed by atoms with Gasteiger partial charge < -0.3 is 19.7 Å². The molecule has 5 nitrogen and oxygen atoms in total. The summed E-state index contributed by atoms with van der Waals surface area (Å²) in [5.74, 6) is 0. The topological polar surface area (TPSA) is 50.8 Å². The van der Waals surface area contributed by atoms with Crippen molar-refractivity contribution in [1.29, 1.82) is 0 Å². The Labute approximate surface area is 98.1 Å². The summed E-state index contributed by atoms with van der Waals surface area (Å²) >= 11 is 0. The standard InChI is InChI=1S/C11H24N2O3/c1-11(2,3)16-10(14)13(4)8-6-12-7-9-15-5/h12H,6-9H2,1-5H3. The maximum absolute atomic E-state index is 11.5. The van der Waals surface area contributed by atoms with Crippen LogP contribution in [0, 0.1) is 0 Å². The van der Waals surface area contributed by atoms with E-state index in [1.807, 2.05) is 20.8 Å². The highest BCUT2D eigenvalue weighted by Crippen LogP contribution is 2.08. The maximum atomic E-state index is 11.5. The van der Waals surface area contributed by atoms with Crippen molar-refractivity contribution in [2.45, 2.75) is 26.4 Å². The van der Waals surface area contributed by atoms with Crippen molar-refractivity contribution in [3.8, 4) is 0 Å². The van der Waals surface area contributed by atoms with Crippen LogP contribution in [-0.2, 0) is 9.47 Å². The van der Waals surface area contributed by atoms with Crippen LogP contribution in [0.4, 0.5) is 4.79 Å². The van der Waals surface area contributed by atoms with Crippen LogP contribution in [0.2, 0.25) is 0 Å². The van der Waals surface area contributed by atoms with E-state index in [9.17, 15) is 4.79 Å². The smallest absolute Gasteiger partial charge is 0.410 e. The number of hydrogen-bond donors (Lipinski definition) is 1. The lowest BCUT2D eigenvalue weighted by Gasteiger charge is -2.24. The average molecular weight is 232 g/mol. The van der Waals surface area contributed by atoms with Gasteiger partial charge in [0.15, 0.2) is 0 Å². The fraction of sp³-hybridized carbons (Fsp3) is 0.909. The number of carbonyl (C=O) groups excluding carboxylic acids is 1. The van der Waals surface area contributed by atoms with E-state index in [1.165, 1.54) is 0 Å². The molecule has 16 heavy (non-hydrogen) atoms. The molecular weight excluding hydrogens is 208 g/mol. The first-order valence-corrected chi connectivity index (χ1v) is 5.50. The zero-order chi connectivity index (χ0) is 12.6. The lowest BCUT2D eigenvalue weighted by atomic mass is 10.2. The lowest BCUT2D eigenvalue weighted by molar-refractivity contribution is 0.0300. The van der Waals surface area contributed by atoms with E-state index < -0.39 is 5.60 Å². The second kappa shape index (κ2) is 7.46. The van der Waals surface area contributed by atoms with Gasteiger partial charge in [-0.15, -0.1) is 0 Å². The van der Waals surface area contributed by atoms with Crippen molar-refractivity contribution in [3.05, 3.63) is 0 Å². The van der Waals surface area contributed by atoms with Gasteiger partial charge in [0.25, 0.3) is 0 Å². The summed E-state index contributed by atoms with van der Waals surface area (Å²) in [6.07, 6.45) is -0.291. The van der Waals surface area contributed by atoms with Crippen molar-refractivity contribution < 1.29 is 14.3 Å². The number of rotatable bonds is 6. The molecule has 0 aliphatic heterocycles. The van der Waals surface area contributed by atoms with Crippen LogP contribution in [0.5, 0.6) is 0 Å². The second-order valence-electron chi connectivity index (χ2n) is 4.64. The molecule has 0 fully saturated rings. The summed E-state index contributed by atoms with van der Waals surface area (Å²) in [5.41, 5.74) is -0.436. The maximum Gasteiger partial charge on any atom is 0.410 e. The number of nitrogens with zero attached hydrogens (tertiary/aromatic N) is 1. The third-order valence-corrected chi connectivity index (χ3v) is 1.81. The predicted octanol–water partition coefficient (Wildman–Crippen LogP) is 1.09. The molecule has 0 saturated carbocycles. The Morgan fingerprint density at radius 1 is 1.31 bits per heavy atom. The summed E-state index contributed by atoms with van der Waals surface area (Å²) in [4.78, 5) is 13.1. The molecule has 0 aliphatic rings. The Hall–Kier alpha value is -0.810. The Balaban J connectivity index is 3.64. The molecule has 0 rings (SSSR count). The van der Waals surface area contributed by atoms with E-state index in [0.29, 0.717) is 13.2 Å². The molecule has 1 amide bonds. The molecule has 0 heterocycles. The molecule has 0 spiro atoms. The van der Waals surface area contributed by atoms with Crippen molar-refractivity contribution >= 4 is 6.09 Å². The molecule has 0 radical (unpaired) electrons. The van der Waals surface area contributed by atoms with Crippen molar-refractivity contribution in [3.63, 3.8) is 0 Å². The van der Waals surface area contributed by atoms with Crippen LogP contribution >= 0.6 is 0 Å². The van der Waals surface area contributed by atoms with Gasteiger partial charge in [0, 0.05) is 33.8 Å². The molecule has 0 aromatic heterocycles. The van der Waals surface area contributed by atoms with Crippen molar-refractivity contribution in [1.82, 2.24) is 10.2 Å². The summed E-state index contributed by atoms with van der Waals surface area (Å²) in [7, 11) is 3.39. The molecule has 0 bridgehead atoms. The van der Waals surface area contributed by atoms with Crippen LogP contribution in [0.25, 0.3) is 0 Å². The minimum Gasteiger partial charge on any atom is -0.444 e. The van der Waals surface area contributed by atoms with E-state index in [-0.39, 0.29) is 6.09 Å². The molecular formula is C11H24N2O3. The van der Waals surface area contributed by atoms with Gasteiger partial charge in [-0.1, -0.05) is 0 Å². The van der Waals surface area contributed by atoms with Crippen LogP contribution in [0.15, 0.2) is 0 Å². The van der Waals surface area contributed by atoms with Gasteiger partial charge in [0.2, 0.25) is 0 Å². The van der Waals surface area contributed by atoms with Crippen LogP contribution in [0.1, 0.15) is 20.8 Å². The molecule has 0 saturated heterocycles. The number of carbonyl (C=O) groups is 1. The number of amides is 1. The zero-order valence-electron chi connectivity index (χ0n) is 11.0. The first-order valence-electron chi connectivity index (χ1n) is 5.50. The number of methoxy groups -OCH3 is 1. The van der Waals surface area contributed by atoms with Gasteiger partial charge in [-0.2, -0.15) is 0 Å². The highest BCUT2D eigenvalue weighted by molar-refractivity contribution is 5.67. The number of hydrogen-bond acceptors (Lipinski definition) is 4. The first kappa shape index (κ1) is 15.2. The van der Waals surface area contributed by atoms with Crippen molar-refractivity contribution in [2.75, 3.05) is 40.4 Å². The molecule has 0 unspecified atom stereocenters. The van der Waals surface area contributed by atoms with Gasteiger partial charge in [0.1, 0.15) is 5.60 Å². The van der Waals surface area contributed by atoms with Crippen LogP contribution in [-0.4, -0.2) is 57.0 Å². The van der Waals surface area contributed by atoms with E-state index >= 15 is 0 Å². The third kappa shape index (κ3) is 8.49. The van der Waals surface area contributed by atoms with Gasteiger partial charge in [-0.05, 0) is 20.8 Å². The minimum absolute atomic E-state index is 0.291. The number of ether oxygens (including phenoxy) is 2. The van der Waals surface area contributed by atoms with Crippen molar-refractivity contribution in [2.24, 2.45) is 0 Å². The lowest BCUT2D eigenvalue weighted by Crippen LogP contribution is -2.38. The molecule has 96 valence electrons. The number of likely N-dealkylation sites (N-methyl/N-ethyl adjacent to an activating group) is 1. The monoisotopic (exact) mass is 232 g/mol. The van der Waals surface area contributed by atoms with Gasteiger partial charge >= 0.3 is 6.09 Å². The second-order valence-corrected chi connectivity index (χ2v) is 4.64. The third-order valence-electron chi connectivity index (χ3n) is 1.81. The van der Waals surface area contributed by atoms with Gasteiger partial charge in [-0.25, -0.2) is 4.79 Å². The summed E-state index contributed by atoms with van der Waals surface area (Å²) in [5, 5.41) is 3.16. The molecule has 0 aromatic rings. The Kier molecular flexibility index (Phi) is 7.08. The molecule has 0 atom stereocenters. The fourth-order valence-corrected chi connectivity index (χ4v) is 0.977. The summed E-state index contributed by atoms with van der Waals surface area (Å²) < 4.78 is 10.1. The van der Waals surface area contributed by atoms with E-state index in [2.05, 4.69) is 5.32 Å². The SMILES string of the molecule is COCCNCCN(C)C(=O)OC(C)(C)C. The summed E-state index contributed by atoms with van der Waals surface area (Å²) in [6.45, 7) is 8.40. The Bertz CT molecular complexity index is 202. The number of nitrogens with one attached hydrogen (secondary N) is 1.